The normalized spacial score (nSPS) is 10.8. The van der Waals surface area contributed by atoms with E-state index >= 15 is 0 Å². The summed E-state index contributed by atoms with van der Waals surface area (Å²) in [5.41, 5.74) is -1.74. The lowest BCUT2D eigenvalue weighted by Gasteiger charge is -2.10. The summed E-state index contributed by atoms with van der Waals surface area (Å²) in [7, 11) is 0. The average Bonchev–Trinajstić information content (AvgIpc) is 2.15. The summed E-state index contributed by atoms with van der Waals surface area (Å²) in [5, 5.41) is 19.1. The lowest BCUT2D eigenvalue weighted by atomic mass is 10.2. The SMILES string of the molecule is N#Cc1c(Br)ncc([N+](=O)[O-])c1OC(F)(F)F. The molecule has 1 aromatic heterocycles. The number of hydrogen-bond donors (Lipinski definition) is 0. The summed E-state index contributed by atoms with van der Waals surface area (Å²) in [6, 6.07) is 1.34. The van der Waals surface area contributed by atoms with Crippen LogP contribution in [0.4, 0.5) is 18.9 Å². The summed E-state index contributed by atoms with van der Waals surface area (Å²) < 4.78 is 39.3. The van der Waals surface area contributed by atoms with E-state index in [0.29, 0.717) is 6.20 Å². The van der Waals surface area contributed by atoms with Gasteiger partial charge in [0, 0.05) is 0 Å². The Hall–Kier alpha value is -1.89. The van der Waals surface area contributed by atoms with Gasteiger partial charge in [0.25, 0.3) is 0 Å². The molecular weight excluding hydrogens is 311 g/mol. The number of hydrogen-bond acceptors (Lipinski definition) is 5. The van der Waals surface area contributed by atoms with Gasteiger partial charge in [-0.25, -0.2) is 4.98 Å². The van der Waals surface area contributed by atoms with Gasteiger partial charge < -0.3 is 4.74 Å². The predicted octanol–water partition coefficient (Wildman–Crippen LogP) is 2.52. The molecule has 0 aliphatic rings. The fraction of sp³-hybridized carbons (Fsp3) is 0.143. The smallest absolute Gasteiger partial charge is 0.397 e. The van der Waals surface area contributed by atoms with Crippen molar-refractivity contribution in [3.05, 3.63) is 26.5 Å². The zero-order chi connectivity index (χ0) is 13.2. The molecule has 0 aromatic carbocycles. The van der Waals surface area contributed by atoms with E-state index in [1.807, 2.05) is 0 Å². The molecule has 17 heavy (non-hydrogen) atoms. The molecule has 0 aliphatic carbocycles. The van der Waals surface area contributed by atoms with Crippen LogP contribution in [0.1, 0.15) is 5.56 Å². The van der Waals surface area contributed by atoms with Crippen LogP contribution in [0.15, 0.2) is 10.8 Å². The van der Waals surface area contributed by atoms with Gasteiger partial charge >= 0.3 is 12.0 Å². The Labute approximate surface area is 99.9 Å². The highest BCUT2D eigenvalue weighted by molar-refractivity contribution is 9.10. The van der Waals surface area contributed by atoms with Crippen LogP contribution in [-0.4, -0.2) is 16.3 Å². The number of aromatic nitrogens is 1. The first-order valence-electron chi connectivity index (χ1n) is 3.75. The number of rotatable bonds is 2. The third-order valence-electron chi connectivity index (χ3n) is 1.49. The Morgan fingerprint density at radius 2 is 2.18 bits per heavy atom. The quantitative estimate of drug-likeness (QED) is 0.475. The molecule has 0 atom stereocenters. The van der Waals surface area contributed by atoms with Gasteiger partial charge in [-0.2, -0.15) is 5.26 Å². The molecule has 1 rings (SSSR count). The first-order valence-corrected chi connectivity index (χ1v) is 4.54. The van der Waals surface area contributed by atoms with Crippen LogP contribution in [0.2, 0.25) is 0 Å². The number of halogens is 4. The fourth-order valence-electron chi connectivity index (χ4n) is 0.909. The topological polar surface area (TPSA) is 89.0 Å². The predicted molar refractivity (Wildman–Crippen MR) is 50.0 cm³/mol. The third kappa shape index (κ3) is 3.04. The van der Waals surface area contributed by atoms with Gasteiger partial charge in [0.05, 0.1) is 4.92 Å². The molecule has 1 aromatic rings. The average molecular weight is 312 g/mol. The van der Waals surface area contributed by atoms with Crippen LogP contribution < -0.4 is 4.74 Å². The van der Waals surface area contributed by atoms with Crippen molar-refractivity contribution in [2.24, 2.45) is 0 Å². The van der Waals surface area contributed by atoms with Crippen LogP contribution >= 0.6 is 15.9 Å². The standard InChI is InChI=1S/C7HBrF3N3O3/c8-6-3(1-12)5(17-7(9,10)11)4(2-13-6)14(15)16/h2H. The van der Waals surface area contributed by atoms with Gasteiger partial charge in [-0.3, -0.25) is 10.1 Å². The van der Waals surface area contributed by atoms with E-state index < -0.39 is 28.3 Å². The molecule has 0 N–H and O–H groups in total. The Balaban J connectivity index is 3.46. The molecule has 0 fully saturated rings. The molecule has 0 spiro atoms. The molecule has 0 aliphatic heterocycles. The van der Waals surface area contributed by atoms with E-state index in [-0.39, 0.29) is 4.60 Å². The molecule has 90 valence electrons. The van der Waals surface area contributed by atoms with Gasteiger partial charge in [-0.05, 0) is 15.9 Å². The molecule has 0 bridgehead atoms. The number of nitro groups is 1. The van der Waals surface area contributed by atoms with Crippen LogP contribution in [-0.2, 0) is 0 Å². The van der Waals surface area contributed by atoms with Crippen LogP contribution in [0.25, 0.3) is 0 Å². The van der Waals surface area contributed by atoms with Crippen molar-refractivity contribution in [3.8, 4) is 11.8 Å². The van der Waals surface area contributed by atoms with Crippen LogP contribution in [0, 0.1) is 21.4 Å². The van der Waals surface area contributed by atoms with E-state index in [1.54, 1.807) is 0 Å². The van der Waals surface area contributed by atoms with E-state index in [2.05, 4.69) is 25.7 Å². The summed E-state index contributed by atoms with van der Waals surface area (Å²) in [6.07, 6.45) is -4.58. The highest BCUT2D eigenvalue weighted by Crippen LogP contribution is 2.37. The number of alkyl halides is 3. The third-order valence-corrected chi connectivity index (χ3v) is 2.09. The maximum atomic E-state index is 12.0. The number of ether oxygens (including phenoxy) is 1. The van der Waals surface area contributed by atoms with Crippen molar-refractivity contribution >= 4 is 21.6 Å². The maximum absolute atomic E-state index is 12.0. The Bertz CT molecular complexity index is 512. The number of nitrogens with zero attached hydrogens (tertiary/aromatic N) is 3. The van der Waals surface area contributed by atoms with Crippen molar-refractivity contribution in [2.75, 3.05) is 0 Å². The molecule has 6 nitrogen and oxygen atoms in total. The van der Waals surface area contributed by atoms with E-state index in [1.165, 1.54) is 6.07 Å². The second-order valence-electron chi connectivity index (χ2n) is 2.56. The minimum atomic E-state index is -5.14. The second kappa shape index (κ2) is 4.54. The molecule has 0 unspecified atom stereocenters. The van der Waals surface area contributed by atoms with E-state index in [0.717, 1.165) is 0 Å². The fourth-order valence-corrected chi connectivity index (χ4v) is 1.28. The first-order chi connectivity index (χ1) is 7.76. The zero-order valence-electron chi connectivity index (χ0n) is 7.66. The number of nitriles is 1. The number of pyridine rings is 1. The van der Waals surface area contributed by atoms with Crippen molar-refractivity contribution < 1.29 is 22.8 Å². The van der Waals surface area contributed by atoms with Crippen molar-refractivity contribution in [1.82, 2.24) is 4.98 Å². The molecule has 10 heteroatoms. The Morgan fingerprint density at radius 1 is 1.59 bits per heavy atom. The summed E-state index contributed by atoms with van der Waals surface area (Å²) in [4.78, 5) is 12.7. The highest BCUT2D eigenvalue weighted by atomic mass is 79.9. The lowest BCUT2D eigenvalue weighted by Crippen LogP contribution is -2.19. The van der Waals surface area contributed by atoms with Crippen molar-refractivity contribution in [2.45, 2.75) is 6.36 Å². The minimum Gasteiger partial charge on any atom is -0.397 e. The second-order valence-corrected chi connectivity index (χ2v) is 3.31. The van der Waals surface area contributed by atoms with Crippen LogP contribution in [0.5, 0.6) is 5.75 Å². The Kier molecular flexibility index (Phi) is 3.52. The molecule has 1 heterocycles. The molecule has 0 saturated heterocycles. The highest BCUT2D eigenvalue weighted by Gasteiger charge is 2.37. The van der Waals surface area contributed by atoms with E-state index in [9.17, 15) is 23.3 Å². The van der Waals surface area contributed by atoms with Crippen molar-refractivity contribution in [3.63, 3.8) is 0 Å². The zero-order valence-corrected chi connectivity index (χ0v) is 9.24. The summed E-state index contributed by atoms with van der Waals surface area (Å²) in [6.45, 7) is 0. The Morgan fingerprint density at radius 3 is 2.59 bits per heavy atom. The molecule has 0 radical (unpaired) electrons. The monoisotopic (exact) mass is 311 g/mol. The van der Waals surface area contributed by atoms with Crippen LogP contribution in [0.3, 0.4) is 0 Å². The minimum absolute atomic E-state index is 0.273. The lowest BCUT2D eigenvalue weighted by molar-refractivity contribution is -0.389. The van der Waals surface area contributed by atoms with Gasteiger partial charge in [-0.1, -0.05) is 0 Å². The maximum Gasteiger partial charge on any atom is 0.573 e. The van der Waals surface area contributed by atoms with E-state index in [4.69, 9.17) is 5.26 Å². The van der Waals surface area contributed by atoms with Gasteiger partial charge in [0.2, 0.25) is 5.75 Å². The van der Waals surface area contributed by atoms with Gasteiger partial charge in [0.15, 0.2) is 0 Å². The molecule has 0 amide bonds. The van der Waals surface area contributed by atoms with Gasteiger partial charge in [0.1, 0.15) is 22.4 Å². The van der Waals surface area contributed by atoms with Gasteiger partial charge in [-0.15, -0.1) is 13.2 Å². The summed E-state index contributed by atoms with van der Waals surface area (Å²) >= 11 is 2.69. The molecular formula is C7HBrF3N3O3. The largest absolute Gasteiger partial charge is 0.573 e. The van der Waals surface area contributed by atoms with Crippen molar-refractivity contribution in [1.29, 1.82) is 5.26 Å². The first kappa shape index (κ1) is 13.2. The molecule has 0 saturated carbocycles. The summed E-state index contributed by atoms with van der Waals surface area (Å²) in [5.74, 6) is -1.19.